The lowest BCUT2D eigenvalue weighted by Crippen LogP contribution is -2.24. The van der Waals surface area contributed by atoms with Crippen molar-refractivity contribution in [2.45, 2.75) is 12.8 Å². The Morgan fingerprint density at radius 1 is 1.21 bits per heavy atom. The summed E-state index contributed by atoms with van der Waals surface area (Å²) in [5.74, 6) is -0.869. The predicted molar refractivity (Wildman–Crippen MR) is 73.1 cm³/mol. The fraction of sp³-hybridized carbons (Fsp3) is 0.231. The molecule has 3 rings (SSSR count). The van der Waals surface area contributed by atoms with E-state index in [1.54, 1.807) is 12.3 Å². The van der Waals surface area contributed by atoms with Crippen molar-refractivity contribution in [3.63, 3.8) is 0 Å². The topological polar surface area (TPSA) is 58.2 Å². The van der Waals surface area contributed by atoms with E-state index in [0.29, 0.717) is 16.5 Å². The summed E-state index contributed by atoms with van der Waals surface area (Å²) in [5, 5.41) is 6.49. The molecule has 2 N–H and O–H groups in total. The fourth-order valence-electron chi connectivity index (χ4n) is 2.44. The van der Waals surface area contributed by atoms with Crippen molar-refractivity contribution in [1.82, 2.24) is 5.32 Å². The quantitative estimate of drug-likeness (QED) is 0.783. The number of hydrogen-bond donors (Lipinski definition) is 2. The zero-order valence-corrected chi connectivity index (χ0v) is 11.3. The van der Waals surface area contributed by atoms with Crippen LogP contribution in [-0.4, -0.2) is 11.8 Å². The first-order valence-electron chi connectivity index (χ1n) is 5.81. The predicted octanol–water partition coefficient (Wildman–Crippen LogP) is 2.51. The molecule has 4 nitrogen and oxygen atoms in total. The molecule has 0 bridgehead atoms. The Balaban J connectivity index is 1.91. The summed E-state index contributed by atoms with van der Waals surface area (Å²) < 4.78 is 0. The Hall–Kier alpha value is -1.52. The molecule has 6 heteroatoms. The molecule has 2 heterocycles. The van der Waals surface area contributed by atoms with Gasteiger partial charge in [0.1, 0.15) is 0 Å². The molecule has 2 amide bonds. The maximum Gasteiger partial charge on any atom is 0.234 e. The van der Waals surface area contributed by atoms with Gasteiger partial charge in [0.15, 0.2) is 0 Å². The molecule has 1 unspecified atom stereocenters. The standard InChI is InChI=1S/C13H10Cl2N2O2/c14-8-2-6-1-7(5-16-12(6)10(15)3-8)9-4-11(18)17-13(9)19/h2-3,5,9,16H,1,4H2,(H,17,18,19). The lowest BCUT2D eigenvalue weighted by molar-refractivity contribution is -0.125. The number of hydrogen-bond acceptors (Lipinski definition) is 3. The van der Waals surface area contributed by atoms with E-state index in [2.05, 4.69) is 10.6 Å². The molecule has 1 saturated heterocycles. The Kier molecular flexibility index (Phi) is 2.99. The highest BCUT2D eigenvalue weighted by Gasteiger charge is 2.34. The highest BCUT2D eigenvalue weighted by molar-refractivity contribution is 6.36. The van der Waals surface area contributed by atoms with Gasteiger partial charge in [0.2, 0.25) is 11.8 Å². The van der Waals surface area contributed by atoms with Crippen LogP contribution < -0.4 is 10.6 Å². The van der Waals surface area contributed by atoms with Crippen LogP contribution >= 0.6 is 23.2 Å². The van der Waals surface area contributed by atoms with E-state index in [1.807, 2.05) is 6.07 Å². The summed E-state index contributed by atoms with van der Waals surface area (Å²) in [5.41, 5.74) is 2.61. The first kappa shape index (κ1) is 12.5. The molecule has 1 fully saturated rings. The van der Waals surface area contributed by atoms with Crippen LogP contribution in [0.4, 0.5) is 5.69 Å². The van der Waals surface area contributed by atoms with Gasteiger partial charge in [0, 0.05) is 17.6 Å². The van der Waals surface area contributed by atoms with Gasteiger partial charge in [-0.15, -0.1) is 0 Å². The van der Waals surface area contributed by atoms with Gasteiger partial charge in [0.05, 0.1) is 16.6 Å². The van der Waals surface area contributed by atoms with Crippen molar-refractivity contribution in [1.29, 1.82) is 0 Å². The summed E-state index contributed by atoms with van der Waals surface area (Å²) >= 11 is 12.1. The number of carbonyl (C=O) groups excluding carboxylic acids is 2. The van der Waals surface area contributed by atoms with Crippen molar-refractivity contribution in [2.75, 3.05) is 5.32 Å². The summed E-state index contributed by atoms with van der Waals surface area (Å²) in [4.78, 5) is 22.9. The van der Waals surface area contributed by atoms with E-state index >= 15 is 0 Å². The first-order chi connectivity index (χ1) is 9.04. The zero-order valence-electron chi connectivity index (χ0n) is 9.80. The SMILES string of the molecule is O=C1CC(C2=CNc3c(Cl)cc(Cl)cc3C2)C(=O)N1. The maximum absolute atomic E-state index is 11.7. The van der Waals surface area contributed by atoms with Crippen molar-refractivity contribution in [3.8, 4) is 0 Å². The third-order valence-electron chi connectivity index (χ3n) is 3.35. The molecule has 98 valence electrons. The van der Waals surface area contributed by atoms with E-state index in [-0.39, 0.29) is 18.2 Å². The minimum absolute atomic E-state index is 0.204. The highest BCUT2D eigenvalue weighted by atomic mass is 35.5. The monoisotopic (exact) mass is 296 g/mol. The lowest BCUT2D eigenvalue weighted by Gasteiger charge is -2.22. The van der Waals surface area contributed by atoms with Gasteiger partial charge in [0.25, 0.3) is 0 Å². The van der Waals surface area contributed by atoms with Gasteiger partial charge in [-0.2, -0.15) is 0 Å². The Morgan fingerprint density at radius 3 is 2.68 bits per heavy atom. The molecule has 0 spiro atoms. The molecule has 1 aromatic rings. The smallest absolute Gasteiger partial charge is 0.234 e. The number of rotatable bonds is 1. The van der Waals surface area contributed by atoms with Crippen LogP contribution in [-0.2, 0) is 16.0 Å². The van der Waals surface area contributed by atoms with Crippen LogP contribution in [0, 0.1) is 5.92 Å². The van der Waals surface area contributed by atoms with Crippen molar-refractivity contribution >= 4 is 40.7 Å². The van der Waals surface area contributed by atoms with Crippen LogP contribution in [0.3, 0.4) is 0 Å². The van der Waals surface area contributed by atoms with Gasteiger partial charge in [-0.05, 0) is 29.7 Å². The number of anilines is 1. The maximum atomic E-state index is 11.7. The molecule has 19 heavy (non-hydrogen) atoms. The lowest BCUT2D eigenvalue weighted by atomic mass is 9.90. The molecule has 2 aliphatic rings. The third-order valence-corrected chi connectivity index (χ3v) is 3.87. The highest BCUT2D eigenvalue weighted by Crippen LogP contribution is 2.36. The number of nitrogens with one attached hydrogen (secondary N) is 2. The molecule has 1 atom stereocenters. The summed E-state index contributed by atoms with van der Waals surface area (Å²) in [6.45, 7) is 0. The number of halogens is 2. The summed E-state index contributed by atoms with van der Waals surface area (Å²) in [6, 6.07) is 3.48. The Labute approximate surface area is 119 Å². The second-order valence-electron chi connectivity index (χ2n) is 4.63. The zero-order chi connectivity index (χ0) is 13.6. The van der Waals surface area contributed by atoms with Crippen LogP contribution in [0.2, 0.25) is 10.0 Å². The second-order valence-corrected chi connectivity index (χ2v) is 5.47. The number of amides is 2. The second kappa shape index (κ2) is 4.54. The minimum atomic E-state index is -0.397. The first-order valence-corrected chi connectivity index (χ1v) is 6.57. The molecule has 0 saturated carbocycles. The van der Waals surface area contributed by atoms with Gasteiger partial charge >= 0.3 is 0 Å². The van der Waals surface area contributed by atoms with Gasteiger partial charge in [-0.25, -0.2) is 0 Å². The molecule has 0 radical (unpaired) electrons. The minimum Gasteiger partial charge on any atom is -0.360 e. The number of imide groups is 1. The van der Waals surface area contributed by atoms with Crippen LogP contribution in [0.1, 0.15) is 12.0 Å². The fourth-order valence-corrected chi connectivity index (χ4v) is 3.03. The average molecular weight is 297 g/mol. The van der Waals surface area contributed by atoms with Crippen molar-refractivity contribution < 1.29 is 9.59 Å². The molecular weight excluding hydrogens is 287 g/mol. The van der Waals surface area contributed by atoms with Crippen LogP contribution in [0.15, 0.2) is 23.9 Å². The molecule has 0 aromatic heterocycles. The number of fused-ring (bicyclic) bond motifs is 1. The van der Waals surface area contributed by atoms with E-state index in [0.717, 1.165) is 16.8 Å². The van der Waals surface area contributed by atoms with Crippen molar-refractivity contribution in [3.05, 3.63) is 39.5 Å². The van der Waals surface area contributed by atoms with Gasteiger partial charge in [-0.1, -0.05) is 23.2 Å². The van der Waals surface area contributed by atoms with Crippen LogP contribution in [0.5, 0.6) is 0 Å². The van der Waals surface area contributed by atoms with E-state index in [1.165, 1.54) is 0 Å². The van der Waals surface area contributed by atoms with Gasteiger partial charge in [-0.3, -0.25) is 14.9 Å². The van der Waals surface area contributed by atoms with Gasteiger partial charge < -0.3 is 5.32 Å². The number of carbonyl (C=O) groups is 2. The van der Waals surface area contributed by atoms with E-state index in [9.17, 15) is 9.59 Å². The molecule has 0 aliphatic carbocycles. The molecular formula is C13H10Cl2N2O2. The van der Waals surface area contributed by atoms with Crippen LogP contribution in [0.25, 0.3) is 0 Å². The summed E-state index contributed by atoms with van der Waals surface area (Å²) in [7, 11) is 0. The summed E-state index contributed by atoms with van der Waals surface area (Å²) in [6.07, 6.45) is 2.52. The normalized spacial score (nSPS) is 21.6. The third kappa shape index (κ3) is 2.22. The van der Waals surface area contributed by atoms with Crippen molar-refractivity contribution in [2.24, 2.45) is 5.92 Å². The largest absolute Gasteiger partial charge is 0.360 e. The molecule has 2 aliphatic heterocycles. The van der Waals surface area contributed by atoms with E-state index in [4.69, 9.17) is 23.2 Å². The number of benzene rings is 1. The van der Waals surface area contributed by atoms with E-state index < -0.39 is 5.92 Å². The average Bonchev–Trinajstić information content (AvgIpc) is 2.67. The Bertz CT molecular complexity index is 625. The Morgan fingerprint density at radius 2 is 2.00 bits per heavy atom. The molecule has 1 aromatic carbocycles.